The van der Waals surface area contributed by atoms with Crippen LogP contribution in [0.4, 0.5) is 0 Å². The van der Waals surface area contributed by atoms with E-state index in [9.17, 15) is 5.11 Å². The first-order valence-corrected chi connectivity index (χ1v) is 9.04. The molecule has 0 spiro atoms. The molecule has 0 saturated carbocycles. The average Bonchev–Trinajstić information content (AvgIpc) is 2.59. The summed E-state index contributed by atoms with van der Waals surface area (Å²) in [4.78, 5) is 2.54. The lowest BCUT2D eigenvalue weighted by atomic mass is 9.85. The number of benzene rings is 2. The normalized spacial score (nSPS) is 12.5. The molecule has 0 fully saturated rings. The van der Waals surface area contributed by atoms with Crippen molar-refractivity contribution in [2.24, 2.45) is 0 Å². The average molecular weight is 362 g/mol. The van der Waals surface area contributed by atoms with Gasteiger partial charge in [0.05, 0.1) is 6.61 Å². The van der Waals surface area contributed by atoms with Crippen LogP contribution in [0.15, 0.2) is 54.6 Å². The predicted molar refractivity (Wildman–Crippen MR) is 109 cm³/mol. The molecular formula is C22H32ClNO. The van der Waals surface area contributed by atoms with Crippen LogP contribution >= 0.6 is 12.4 Å². The van der Waals surface area contributed by atoms with Gasteiger partial charge in [-0.25, -0.2) is 0 Å². The minimum Gasteiger partial charge on any atom is -0.392 e. The van der Waals surface area contributed by atoms with E-state index in [1.165, 1.54) is 11.1 Å². The van der Waals surface area contributed by atoms with Crippen molar-refractivity contribution < 1.29 is 5.11 Å². The lowest BCUT2D eigenvalue weighted by Gasteiger charge is -2.32. The SMILES string of the molecule is CC(C)N(CCC(c1ccccc1)c1ccccc1CO)C(C)C.Cl. The first-order valence-electron chi connectivity index (χ1n) is 9.04. The fourth-order valence-corrected chi connectivity index (χ4v) is 3.60. The van der Waals surface area contributed by atoms with Gasteiger partial charge in [0.15, 0.2) is 0 Å². The van der Waals surface area contributed by atoms with E-state index in [-0.39, 0.29) is 19.0 Å². The molecule has 2 nitrogen and oxygen atoms in total. The van der Waals surface area contributed by atoms with E-state index in [1.54, 1.807) is 0 Å². The molecule has 0 saturated heterocycles. The van der Waals surface area contributed by atoms with E-state index in [0.717, 1.165) is 18.5 Å². The van der Waals surface area contributed by atoms with Crippen molar-refractivity contribution in [3.63, 3.8) is 0 Å². The molecule has 2 rings (SSSR count). The molecule has 25 heavy (non-hydrogen) atoms. The zero-order valence-electron chi connectivity index (χ0n) is 15.9. The highest BCUT2D eigenvalue weighted by Crippen LogP contribution is 2.31. The van der Waals surface area contributed by atoms with Crippen molar-refractivity contribution >= 4 is 12.4 Å². The third kappa shape index (κ3) is 5.85. The monoisotopic (exact) mass is 361 g/mol. The van der Waals surface area contributed by atoms with Crippen molar-refractivity contribution in [1.29, 1.82) is 0 Å². The third-order valence-corrected chi connectivity index (χ3v) is 4.81. The Bertz CT molecular complexity index is 604. The molecule has 0 amide bonds. The van der Waals surface area contributed by atoms with Gasteiger partial charge in [-0.15, -0.1) is 12.4 Å². The van der Waals surface area contributed by atoms with E-state index in [4.69, 9.17) is 0 Å². The molecule has 1 N–H and O–H groups in total. The molecule has 0 aliphatic rings. The number of nitrogens with zero attached hydrogens (tertiary/aromatic N) is 1. The summed E-state index contributed by atoms with van der Waals surface area (Å²) in [6.45, 7) is 10.2. The number of aliphatic hydroxyl groups excluding tert-OH is 1. The van der Waals surface area contributed by atoms with Gasteiger partial charge >= 0.3 is 0 Å². The summed E-state index contributed by atoms with van der Waals surface area (Å²) < 4.78 is 0. The van der Waals surface area contributed by atoms with Gasteiger partial charge in [0, 0.05) is 18.0 Å². The maximum atomic E-state index is 9.76. The van der Waals surface area contributed by atoms with Crippen LogP contribution in [-0.2, 0) is 6.61 Å². The fourth-order valence-electron chi connectivity index (χ4n) is 3.60. The van der Waals surface area contributed by atoms with Crippen LogP contribution in [0.1, 0.15) is 56.7 Å². The Labute approximate surface area is 159 Å². The minimum atomic E-state index is 0. The van der Waals surface area contributed by atoms with Crippen LogP contribution in [0, 0.1) is 0 Å². The second-order valence-corrected chi connectivity index (χ2v) is 7.03. The maximum Gasteiger partial charge on any atom is 0.0684 e. The van der Waals surface area contributed by atoms with E-state index >= 15 is 0 Å². The number of halogens is 1. The Morgan fingerprint density at radius 2 is 1.40 bits per heavy atom. The third-order valence-electron chi connectivity index (χ3n) is 4.81. The molecule has 0 heterocycles. The zero-order chi connectivity index (χ0) is 17.5. The minimum absolute atomic E-state index is 0. The Morgan fingerprint density at radius 3 is 1.96 bits per heavy atom. The van der Waals surface area contributed by atoms with Gasteiger partial charge in [-0.1, -0.05) is 54.6 Å². The summed E-state index contributed by atoms with van der Waals surface area (Å²) in [6, 6.07) is 20.0. The van der Waals surface area contributed by atoms with Crippen LogP contribution in [0.3, 0.4) is 0 Å². The smallest absolute Gasteiger partial charge is 0.0684 e. The molecule has 0 bridgehead atoms. The van der Waals surface area contributed by atoms with E-state index in [2.05, 4.69) is 75.1 Å². The fraction of sp³-hybridized carbons (Fsp3) is 0.455. The van der Waals surface area contributed by atoms with E-state index < -0.39 is 0 Å². The van der Waals surface area contributed by atoms with Crippen LogP contribution in [0.5, 0.6) is 0 Å². The molecule has 0 aromatic heterocycles. The zero-order valence-corrected chi connectivity index (χ0v) is 16.7. The van der Waals surface area contributed by atoms with Crippen molar-refractivity contribution in [1.82, 2.24) is 4.90 Å². The predicted octanol–water partition coefficient (Wildman–Crippen LogP) is 5.24. The Morgan fingerprint density at radius 1 is 0.840 bits per heavy atom. The van der Waals surface area contributed by atoms with Crippen LogP contribution < -0.4 is 0 Å². The lowest BCUT2D eigenvalue weighted by Crippen LogP contribution is -2.38. The van der Waals surface area contributed by atoms with Crippen molar-refractivity contribution in [2.75, 3.05) is 6.54 Å². The van der Waals surface area contributed by atoms with Crippen LogP contribution in [0.2, 0.25) is 0 Å². The van der Waals surface area contributed by atoms with E-state index in [0.29, 0.717) is 18.0 Å². The molecule has 1 unspecified atom stereocenters. The molecule has 0 radical (unpaired) electrons. The number of hydrogen-bond acceptors (Lipinski definition) is 2. The van der Waals surface area contributed by atoms with Crippen molar-refractivity contribution in [3.8, 4) is 0 Å². The Hall–Kier alpha value is -1.35. The van der Waals surface area contributed by atoms with Gasteiger partial charge < -0.3 is 5.11 Å². The summed E-state index contributed by atoms with van der Waals surface area (Å²) in [5.41, 5.74) is 3.61. The lowest BCUT2D eigenvalue weighted by molar-refractivity contribution is 0.170. The van der Waals surface area contributed by atoms with Crippen LogP contribution in [0.25, 0.3) is 0 Å². The van der Waals surface area contributed by atoms with Gasteiger partial charge in [-0.3, -0.25) is 4.90 Å². The van der Waals surface area contributed by atoms with Crippen LogP contribution in [-0.4, -0.2) is 28.6 Å². The highest BCUT2D eigenvalue weighted by atomic mass is 35.5. The van der Waals surface area contributed by atoms with Gasteiger partial charge in [0.1, 0.15) is 0 Å². The molecule has 0 aliphatic heterocycles. The Kier molecular flexibility index (Phi) is 9.20. The summed E-state index contributed by atoms with van der Waals surface area (Å²) in [5.74, 6) is 0.314. The van der Waals surface area contributed by atoms with Gasteiger partial charge in [0.2, 0.25) is 0 Å². The second-order valence-electron chi connectivity index (χ2n) is 7.03. The summed E-state index contributed by atoms with van der Waals surface area (Å²) in [6.07, 6.45) is 1.05. The van der Waals surface area contributed by atoms with Crippen molar-refractivity contribution in [3.05, 3.63) is 71.3 Å². The van der Waals surface area contributed by atoms with E-state index in [1.807, 2.05) is 12.1 Å². The standard InChI is InChI=1S/C22H31NO.ClH/c1-17(2)23(18(3)4)15-14-22(19-10-6-5-7-11-19)21-13-9-8-12-20(21)16-24;/h5-13,17-18,22,24H,14-16H2,1-4H3;1H. The quantitative estimate of drug-likeness (QED) is 0.694. The molecule has 1 atom stereocenters. The first kappa shape index (κ1) is 21.7. The molecule has 0 aliphatic carbocycles. The van der Waals surface area contributed by atoms with Crippen molar-refractivity contribution in [2.45, 2.75) is 58.7 Å². The highest BCUT2D eigenvalue weighted by Gasteiger charge is 2.20. The molecule has 2 aromatic carbocycles. The Balaban J connectivity index is 0.00000312. The second kappa shape index (κ2) is 10.6. The first-order chi connectivity index (χ1) is 11.5. The number of hydrogen-bond donors (Lipinski definition) is 1. The molecule has 3 heteroatoms. The summed E-state index contributed by atoms with van der Waals surface area (Å²) >= 11 is 0. The molecule has 138 valence electrons. The topological polar surface area (TPSA) is 23.5 Å². The van der Waals surface area contributed by atoms with Gasteiger partial charge in [-0.2, -0.15) is 0 Å². The largest absolute Gasteiger partial charge is 0.392 e. The molecular weight excluding hydrogens is 330 g/mol. The van der Waals surface area contributed by atoms with Gasteiger partial charge in [-0.05, 0) is 57.4 Å². The summed E-state index contributed by atoms with van der Waals surface area (Å²) in [7, 11) is 0. The number of rotatable bonds is 8. The van der Waals surface area contributed by atoms with Gasteiger partial charge in [0.25, 0.3) is 0 Å². The maximum absolute atomic E-state index is 9.76. The summed E-state index contributed by atoms with van der Waals surface area (Å²) in [5, 5.41) is 9.76. The highest BCUT2D eigenvalue weighted by molar-refractivity contribution is 5.85. The number of aliphatic hydroxyl groups is 1. The molecule has 2 aromatic rings.